The molecule has 0 unspecified atom stereocenters. The second-order valence-electron chi connectivity index (χ2n) is 3.19. The second kappa shape index (κ2) is 4.52. The number of rotatable bonds is 3. The Hall–Kier alpha value is -2.57. The third-order valence-corrected chi connectivity index (χ3v) is 2.10. The van der Waals surface area contributed by atoms with Crippen molar-refractivity contribution in [3.05, 3.63) is 40.8 Å². The van der Waals surface area contributed by atoms with Gasteiger partial charge in [-0.2, -0.15) is 0 Å². The van der Waals surface area contributed by atoms with E-state index in [2.05, 4.69) is 20.3 Å². The zero-order chi connectivity index (χ0) is 12.3. The first-order chi connectivity index (χ1) is 8.20. The molecular formula is C10H9N5O2. The lowest BCUT2D eigenvalue weighted by atomic mass is 10.2. The van der Waals surface area contributed by atoms with Gasteiger partial charge >= 0.3 is 0 Å². The number of hydrogen-bond donors (Lipinski definition) is 1. The quantitative estimate of drug-likeness (QED) is 0.635. The number of nitrogens with one attached hydrogen (secondary N) is 1. The highest BCUT2D eigenvalue weighted by molar-refractivity contribution is 5.61. The highest BCUT2D eigenvalue weighted by Crippen LogP contribution is 2.22. The molecule has 0 aliphatic carbocycles. The Morgan fingerprint density at radius 3 is 2.71 bits per heavy atom. The van der Waals surface area contributed by atoms with Gasteiger partial charge in [0.1, 0.15) is 11.5 Å². The molecule has 0 amide bonds. The summed E-state index contributed by atoms with van der Waals surface area (Å²) in [5.74, 6) is 0.417. The summed E-state index contributed by atoms with van der Waals surface area (Å²) in [5, 5.41) is 13.5. The van der Waals surface area contributed by atoms with Crippen LogP contribution in [-0.4, -0.2) is 26.9 Å². The van der Waals surface area contributed by atoms with Gasteiger partial charge in [-0.3, -0.25) is 20.1 Å². The molecule has 0 radical (unpaired) electrons. The van der Waals surface area contributed by atoms with Crippen LogP contribution in [0.25, 0.3) is 11.4 Å². The lowest BCUT2D eigenvalue weighted by Gasteiger charge is -2.03. The Morgan fingerprint density at radius 2 is 2.12 bits per heavy atom. The van der Waals surface area contributed by atoms with Crippen molar-refractivity contribution in [3.63, 3.8) is 0 Å². The van der Waals surface area contributed by atoms with E-state index in [0.717, 1.165) is 0 Å². The molecule has 86 valence electrons. The maximum Gasteiger partial charge on any atom is 0.275 e. The molecule has 0 aliphatic heterocycles. The van der Waals surface area contributed by atoms with E-state index in [-0.39, 0.29) is 5.69 Å². The third kappa shape index (κ3) is 2.33. The van der Waals surface area contributed by atoms with E-state index in [0.29, 0.717) is 17.2 Å². The fourth-order valence-corrected chi connectivity index (χ4v) is 1.31. The normalized spacial score (nSPS) is 9.94. The minimum atomic E-state index is -0.470. The van der Waals surface area contributed by atoms with Gasteiger partial charge in [0.15, 0.2) is 0 Å². The highest BCUT2D eigenvalue weighted by atomic mass is 16.6. The fourth-order valence-electron chi connectivity index (χ4n) is 1.31. The molecule has 0 saturated carbocycles. The minimum absolute atomic E-state index is 0.0370. The third-order valence-electron chi connectivity index (χ3n) is 2.10. The summed E-state index contributed by atoms with van der Waals surface area (Å²) < 4.78 is 0. The van der Waals surface area contributed by atoms with E-state index in [1.807, 2.05) is 0 Å². The van der Waals surface area contributed by atoms with E-state index in [1.165, 1.54) is 30.7 Å². The van der Waals surface area contributed by atoms with Crippen molar-refractivity contribution >= 4 is 11.5 Å². The van der Waals surface area contributed by atoms with Crippen LogP contribution in [-0.2, 0) is 0 Å². The summed E-state index contributed by atoms with van der Waals surface area (Å²) >= 11 is 0. The van der Waals surface area contributed by atoms with E-state index in [9.17, 15) is 10.1 Å². The van der Waals surface area contributed by atoms with Gasteiger partial charge in [-0.05, 0) is 0 Å². The Balaban J connectivity index is 2.54. The van der Waals surface area contributed by atoms with Crippen LogP contribution in [0.15, 0.2) is 30.7 Å². The average Bonchev–Trinajstić information content (AvgIpc) is 2.39. The number of hydrogen-bond acceptors (Lipinski definition) is 6. The molecule has 7 heteroatoms. The van der Waals surface area contributed by atoms with Crippen LogP contribution in [0.3, 0.4) is 0 Å². The van der Waals surface area contributed by atoms with Gasteiger partial charge in [0, 0.05) is 25.5 Å². The molecule has 2 heterocycles. The van der Waals surface area contributed by atoms with Crippen molar-refractivity contribution < 1.29 is 4.92 Å². The first-order valence-corrected chi connectivity index (χ1v) is 4.81. The molecule has 0 spiro atoms. The molecule has 0 fully saturated rings. The molecule has 1 N–H and O–H groups in total. The fraction of sp³-hybridized carbons (Fsp3) is 0.100. The summed E-state index contributed by atoms with van der Waals surface area (Å²) in [4.78, 5) is 22.4. The Labute approximate surface area is 96.7 Å². The van der Waals surface area contributed by atoms with Crippen molar-refractivity contribution in [2.45, 2.75) is 0 Å². The summed E-state index contributed by atoms with van der Waals surface area (Å²) in [6.45, 7) is 0. The summed E-state index contributed by atoms with van der Waals surface area (Å²) in [7, 11) is 1.65. The predicted octanol–water partition coefficient (Wildman–Crippen LogP) is 1.49. The highest BCUT2D eigenvalue weighted by Gasteiger charge is 2.12. The molecule has 17 heavy (non-hydrogen) atoms. The predicted molar refractivity (Wildman–Crippen MR) is 61.5 cm³/mol. The SMILES string of the molecule is CNc1cc([N+](=O)[O-])cc(-c2cnccn2)n1. The summed E-state index contributed by atoms with van der Waals surface area (Å²) in [5.41, 5.74) is 0.870. The molecule has 0 atom stereocenters. The standard InChI is InChI=1S/C10H9N5O2/c1-11-10-5-7(15(16)17)4-8(14-10)9-6-12-2-3-13-9/h2-6H,1H3,(H,11,14). The molecule has 0 aromatic carbocycles. The average molecular weight is 231 g/mol. The Kier molecular flexibility index (Phi) is 2.91. The molecule has 2 aromatic rings. The van der Waals surface area contributed by atoms with Crippen LogP contribution in [0.2, 0.25) is 0 Å². The lowest BCUT2D eigenvalue weighted by molar-refractivity contribution is -0.384. The number of nitro groups is 1. The van der Waals surface area contributed by atoms with Crippen molar-refractivity contribution in [2.24, 2.45) is 0 Å². The van der Waals surface area contributed by atoms with E-state index < -0.39 is 4.92 Å². The molecule has 2 aromatic heterocycles. The Bertz CT molecular complexity index is 544. The van der Waals surface area contributed by atoms with Crippen LogP contribution >= 0.6 is 0 Å². The van der Waals surface area contributed by atoms with Gasteiger partial charge in [0.05, 0.1) is 22.9 Å². The molecule has 0 bridgehead atoms. The molecule has 0 aliphatic rings. The zero-order valence-corrected chi connectivity index (χ0v) is 8.99. The summed E-state index contributed by atoms with van der Waals surface area (Å²) in [6, 6.07) is 2.73. The van der Waals surface area contributed by atoms with Gasteiger partial charge in [-0.25, -0.2) is 4.98 Å². The topological polar surface area (TPSA) is 93.8 Å². The van der Waals surface area contributed by atoms with Crippen molar-refractivity contribution in [1.82, 2.24) is 15.0 Å². The van der Waals surface area contributed by atoms with E-state index >= 15 is 0 Å². The minimum Gasteiger partial charge on any atom is -0.373 e. The van der Waals surface area contributed by atoms with Gasteiger partial charge in [-0.1, -0.05) is 0 Å². The first kappa shape index (κ1) is 10.9. The van der Waals surface area contributed by atoms with Crippen LogP contribution in [0.1, 0.15) is 0 Å². The zero-order valence-electron chi connectivity index (χ0n) is 8.99. The molecule has 2 rings (SSSR count). The van der Waals surface area contributed by atoms with Gasteiger partial charge < -0.3 is 5.32 Å². The number of anilines is 1. The molecule has 0 saturated heterocycles. The van der Waals surface area contributed by atoms with E-state index in [1.54, 1.807) is 7.05 Å². The maximum atomic E-state index is 10.8. The maximum absolute atomic E-state index is 10.8. The van der Waals surface area contributed by atoms with Gasteiger partial charge in [0.25, 0.3) is 5.69 Å². The molecular weight excluding hydrogens is 222 g/mol. The largest absolute Gasteiger partial charge is 0.373 e. The number of pyridine rings is 1. The van der Waals surface area contributed by atoms with Crippen molar-refractivity contribution in [2.75, 3.05) is 12.4 Å². The Morgan fingerprint density at radius 1 is 1.29 bits per heavy atom. The van der Waals surface area contributed by atoms with Crippen molar-refractivity contribution in [3.8, 4) is 11.4 Å². The van der Waals surface area contributed by atoms with Crippen molar-refractivity contribution in [1.29, 1.82) is 0 Å². The van der Waals surface area contributed by atoms with Gasteiger partial charge in [-0.15, -0.1) is 0 Å². The van der Waals surface area contributed by atoms with Crippen LogP contribution in [0, 0.1) is 10.1 Å². The van der Waals surface area contributed by atoms with E-state index in [4.69, 9.17) is 0 Å². The van der Waals surface area contributed by atoms with Crippen LogP contribution in [0.4, 0.5) is 11.5 Å². The van der Waals surface area contributed by atoms with Crippen LogP contribution in [0.5, 0.6) is 0 Å². The molecule has 7 nitrogen and oxygen atoms in total. The summed E-state index contributed by atoms with van der Waals surface area (Å²) in [6.07, 6.45) is 4.54. The first-order valence-electron chi connectivity index (χ1n) is 4.81. The van der Waals surface area contributed by atoms with Crippen LogP contribution < -0.4 is 5.32 Å². The van der Waals surface area contributed by atoms with Gasteiger partial charge in [0.2, 0.25) is 0 Å². The number of aromatic nitrogens is 3. The second-order valence-corrected chi connectivity index (χ2v) is 3.19. The monoisotopic (exact) mass is 231 g/mol. The lowest BCUT2D eigenvalue weighted by Crippen LogP contribution is -1.98. The smallest absolute Gasteiger partial charge is 0.275 e. The number of nitrogens with zero attached hydrogens (tertiary/aromatic N) is 4.